The van der Waals surface area contributed by atoms with Crippen molar-refractivity contribution in [3.05, 3.63) is 137 Å². The first-order valence-corrected chi connectivity index (χ1v) is 17.9. The van der Waals surface area contributed by atoms with Crippen LogP contribution in [0.25, 0.3) is 22.6 Å². The number of carbonyl (C=O) groups excluding carboxylic acids is 1. The fraction of sp³-hybridized carbons (Fsp3) is 0.275. The summed E-state index contributed by atoms with van der Waals surface area (Å²) in [7, 11) is 0. The quantitative estimate of drug-likeness (QED) is 0.156. The molecule has 2 amide bonds. The zero-order valence-electron chi connectivity index (χ0n) is 28.1. The molecule has 2 atom stereocenters. The fourth-order valence-electron chi connectivity index (χ4n) is 7.69. The van der Waals surface area contributed by atoms with Gasteiger partial charge < -0.3 is 15.5 Å². The van der Waals surface area contributed by atoms with Gasteiger partial charge >= 0.3 is 6.03 Å². The molecule has 6 aromatic rings. The normalized spacial score (nSPS) is 17.8. The Hall–Kier alpha value is -5.35. The summed E-state index contributed by atoms with van der Waals surface area (Å²) in [5.41, 5.74) is 2.95. The molecule has 4 heterocycles. The van der Waals surface area contributed by atoms with E-state index in [4.69, 9.17) is 26.7 Å². The molecule has 8 rings (SSSR count). The van der Waals surface area contributed by atoms with Gasteiger partial charge in [0.15, 0.2) is 23.1 Å². The van der Waals surface area contributed by atoms with Crippen LogP contribution in [0.3, 0.4) is 0 Å². The van der Waals surface area contributed by atoms with Crippen molar-refractivity contribution in [2.45, 2.75) is 56.1 Å². The smallest absolute Gasteiger partial charge is 0.317 e. The first-order valence-electron chi connectivity index (χ1n) is 17.6. The summed E-state index contributed by atoms with van der Waals surface area (Å²) in [5.74, 6) is -0.228. The number of nitrogens with zero attached hydrogens (tertiary/aromatic N) is 6. The van der Waals surface area contributed by atoms with Crippen LogP contribution >= 0.6 is 11.6 Å². The average molecular weight is 701 g/mol. The van der Waals surface area contributed by atoms with Crippen molar-refractivity contribution in [2.24, 2.45) is 0 Å². The van der Waals surface area contributed by atoms with Crippen molar-refractivity contribution in [1.29, 1.82) is 0 Å². The minimum absolute atomic E-state index is 0.00339. The lowest BCUT2D eigenvalue weighted by Gasteiger charge is -2.36. The van der Waals surface area contributed by atoms with Crippen LogP contribution in [-0.4, -0.2) is 60.8 Å². The average Bonchev–Trinajstić information content (AvgIpc) is 3.84. The molecule has 0 bridgehead atoms. The molecule has 2 aliphatic rings. The lowest BCUT2D eigenvalue weighted by atomic mass is 9.77. The number of hydrogen-bond acceptors (Lipinski definition) is 6. The first kappa shape index (κ1) is 32.8. The van der Waals surface area contributed by atoms with E-state index in [0.29, 0.717) is 28.2 Å². The predicted molar refractivity (Wildman–Crippen MR) is 197 cm³/mol. The minimum Gasteiger partial charge on any atom is -0.365 e. The lowest BCUT2D eigenvalue weighted by molar-refractivity contribution is 0.199. The van der Waals surface area contributed by atoms with E-state index in [-0.39, 0.29) is 29.8 Å². The Balaban J connectivity index is 1.22. The molecule has 11 heteroatoms. The molecule has 0 unspecified atom stereocenters. The third-order valence-electron chi connectivity index (χ3n) is 10.1. The van der Waals surface area contributed by atoms with Gasteiger partial charge in [-0.1, -0.05) is 103 Å². The fourth-order valence-corrected chi connectivity index (χ4v) is 7.85. The molecule has 9 nitrogen and oxygen atoms in total. The van der Waals surface area contributed by atoms with E-state index < -0.39 is 11.4 Å². The lowest BCUT2D eigenvalue weighted by Crippen LogP contribution is -2.47. The number of aromatic nitrogens is 5. The topological polar surface area (TPSA) is 101 Å². The van der Waals surface area contributed by atoms with E-state index in [1.807, 2.05) is 70.2 Å². The summed E-state index contributed by atoms with van der Waals surface area (Å²) >= 11 is 6.58. The summed E-state index contributed by atoms with van der Waals surface area (Å²) < 4.78 is 17.4. The molecular formula is C40H38ClFN8O. The van der Waals surface area contributed by atoms with Crippen molar-refractivity contribution in [3.8, 4) is 11.5 Å². The molecule has 3 aromatic heterocycles. The maximum absolute atomic E-state index is 15.5. The number of hydrogen-bond donors (Lipinski definition) is 2. The van der Waals surface area contributed by atoms with Gasteiger partial charge in [0.05, 0.1) is 16.6 Å². The van der Waals surface area contributed by atoms with Gasteiger partial charge in [-0.3, -0.25) is 0 Å². The van der Waals surface area contributed by atoms with Crippen LogP contribution in [0, 0.1) is 5.82 Å². The van der Waals surface area contributed by atoms with Gasteiger partial charge in [-0.25, -0.2) is 28.8 Å². The molecule has 258 valence electrons. The summed E-state index contributed by atoms with van der Waals surface area (Å²) in [6.07, 6.45) is 8.17. The van der Waals surface area contributed by atoms with Crippen LogP contribution in [0.1, 0.15) is 55.2 Å². The van der Waals surface area contributed by atoms with E-state index in [9.17, 15) is 4.79 Å². The van der Waals surface area contributed by atoms with E-state index in [0.717, 1.165) is 61.9 Å². The number of rotatable bonds is 8. The summed E-state index contributed by atoms with van der Waals surface area (Å²) in [4.78, 5) is 28.7. The predicted octanol–water partition coefficient (Wildman–Crippen LogP) is 8.05. The second kappa shape index (κ2) is 14.1. The largest absolute Gasteiger partial charge is 0.365 e. The summed E-state index contributed by atoms with van der Waals surface area (Å²) in [6, 6.07) is 32.3. The second-order valence-electron chi connectivity index (χ2n) is 13.3. The van der Waals surface area contributed by atoms with E-state index in [1.54, 1.807) is 6.20 Å². The second-order valence-corrected chi connectivity index (χ2v) is 13.8. The molecule has 1 saturated heterocycles. The molecule has 1 saturated carbocycles. The number of anilines is 1. The molecule has 2 fully saturated rings. The Kier molecular flexibility index (Phi) is 9.08. The highest BCUT2D eigenvalue weighted by Crippen LogP contribution is 2.43. The number of amides is 2. The highest BCUT2D eigenvalue weighted by atomic mass is 35.5. The van der Waals surface area contributed by atoms with Crippen molar-refractivity contribution in [3.63, 3.8) is 0 Å². The van der Waals surface area contributed by atoms with Crippen LogP contribution < -0.4 is 10.6 Å². The first-order chi connectivity index (χ1) is 25.0. The Morgan fingerprint density at radius 2 is 1.41 bits per heavy atom. The number of halogens is 2. The van der Waals surface area contributed by atoms with Gasteiger partial charge in [0.1, 0.15) is 11.2 Å². The SMILES string of the molecule is O=C(N[C@@H]1CCC[C@H](Nc2nc(-c3nn(C(c4ccccc4)(c4ccccc4)c4ccccc4)c4ncc(Cl)cc34)ncc2F)C1)N1CCCC1. The van der Waals surface area contributed by atoms with Crippen molar-refractivity contribution < 1.29 is 9.18 Å². The molecule has 0 radical (unpaired) electrons. The molecule has 3 aromatic carbocycles. The van der Waals surface area contributed by atoms with Crippen LogP contribution in [0.5, 0.6) is 0 Å². The molecule has 0 spiro atoms. The van der Waals surface area contributed by atoms with Crippen LogP contribution in [0.2, 0.25) is 5.02 Å². The minimum atomic E-state index is -0.959. The third kappa shape index (κ3) is 6.29. The van der Waals surface area contributed by atoms with Crippen molar-refractivity contribution in [1.82, 2.24) is 34.9 Å². The van der Waals surface area contributed by atoms with Crippen molar-refractivity contribution >= 4 is 34.5 Å². The zero-order chi connectivity index (χ0) is 34.8. The third-order valence-corrected chi connectivity index (χ3v) is 10.3. The Morgan fingerprint density at radius 3 is 2.04 bits per heavy atom. The van der Waals surface area contributed by atoms with E-state index in [2.05, 4.69) is 52.0 Å². The van der Waals surface area contributed by atoms with E-state index in [1.165, 1.54) is 6.20 Å². The Bertz CT molecular complexity index is 2040. The van der Waals surface area contributed by atoms with Gasteiger partial charge in [-0.2, -0.15) is 5.10 Å². The molecule has 1 aliphatic heterocycles. The standard InChI is InChI=1S/C40H38ClFN8O/c41-30-23-33-35(37-43-26-34(42)36(47-37)45-31-19-12-20-32(24-31)46-39(51)49-21-10-11-22-49)48-50(38(33)44-25-30)40(27-13-4-1-5-14-27,28-15-6-2-7-16-28)29-17-8-3-9-18-29/h1-9,13-18,23,25-26,31-32H,10-12,19-22,24H2,(H,46,51)(H,43,45,47)/t31-,32+/m0/s1. The Labute approximate surface area is 300 Å². The van der Waals surface area contributed by atoms with Gasteiger partial charge in [-0.15, -0.1) is 0 Å². The highest BCUT2D eigenvalue weighted by Gasteiger charge is 2.42. The number of pyridine rings is 1. The summed E-state index contributed by atoms with van der Waals surface area (Å²) in [6.45, 7) is 1.59. The van der Waals surface area contributed by atoms with Crippen LogP contribution in [0.15, 0.2) is 109 Å². The maximum atomic E-state index is 15.5. The number of nitrogens with one attached hydrogen (secondary N) is 2. The number of benzene rings is 3. The zero-order valence-corrected chi connectivity index (χ0v) is 28.8. The maximum Gasteiger partial charge on any atom is 0.317 e. The molecular weight excluding hydrogens is 663 g/mol. The molecule has 51 heavy (non-hydrogen) atoms. The number of carbonyl (C=O) groups is 1. The Morgan fingerprint density at radius 1 is 0.804 bits per heavy atom. The van der Waals surface area contributed by atoms with Crippen LogP contribution in [0.4, 0.5) is 15.0 Å². The van der Waals surface area contributed by atoms with Gasteiger partial charge in [0, 0.05) is 31.4 Å². The monoisotopic (exact) mass is 700 g/mol. The molecule has 2 N–H and O–H groups in total. The van der Waals surface area contributed by atoms with Gasteiger partial charge in [0.2, 0.25) is 0 Å². The van der Waals surface area contributed by atoms with Crippen LogP contribution in [-0.2, 0) is 5.54 Å². The van der Waals surface area contributed by atoms with Gasteiger partial charge in [0.25, 0.3) is 0 Å². The summed E-state index contributed by atoms with van der Waals surface area (Å²) in [5, 5.41) is 12.9. The number of fused-ring (bicyclic) bond motifs is 1. The molecule has 1 aliphatic carbocycles. The van der Waals surface area contributed by atoms with Crippen molar-refractivity contribution in [2.75, 3.05) is 18.4 Å². The number of likely N-dealkylation sites (tertiary alicyclic amines) is 1. The van der Waals surface area contributed by atoms with Gasteiger partial charge in [-0.05, 0) is 61.3 Å². The van der Waals surface area contributed by atoms with E-state index >= 15 is 4.39 Å². The number of urea groups is 1. The highest BCUT2D eigenvalue weighted by molar-refractivity contribution is 6.31.